The highest BCUT2D eigenvalue weighted by Gasteiger charge is 2.02. The molecular formula is C22H18O2. The van der Waals surface area contributed by atoms with Gasteiger partial charge in [-0.15, -0.1) is 0 Å². The molecule has 0 radical (unpaired) electrons. The summed E-state index contributed by atoms with van der Waals surface area (Å²) in [5.74, 6) is -0.927. The lowest BCUT2D eigenvalue weighted by molar-refractivity contribution is -0.131. The van der Waals surface area contributed by atoms with Crippen LogP contribution in [0, 0.1) is 0 Å². The van der Waals surface area contributed by atoms with Crippen LogP contribution < -0.4 is 0 Å². The molecule has 0 atom stereocenters. The highest BCUT2D eigenvalue weighted by atomic mass is 16.4. The number of allylic oxidation sites excluding steroid dienone is 2. The van der Waals surface area contributed by atoms with Crippen LogP contribution in [0.4, 0.5) is 0 Å². The van der Waals surface area contributed by atoms with Crippen molar-refractivity contribution in [3.63, 3.8) is 0 Å². The molecule has 0 spiro atoms. The monoisotopic (exact) mass is 314 g/mol. The molecule has 0 bridgehead atoms. The molecule has 3 aromatic carbocycles. The van der Waals surface area contributed by atoms with Crippen LogP contribution in [0.5, 0.6) is 0 Å². The number of carbonyl (C=O) groups is 1. The number of aliphatic carboxylic acids is 1. The molecule has 0 aliphatic heterocycles. The van der Waals surface area contributed by atoms with Crippen molar-refractivity contribution < 1.29 is 9.90 Å². The lowest BCUT2D eigenvalue weighted by Gasteiger charge is -2.07. The Balaban J connectivity index is 1.89. The first kappa shape index (κ1) is 15.8. The van der Waals surface area contributed by atoms with Gasteiger partial charge in [0, 0.05) is 6.08 Å². The molecule has 0 heterocycles. The molecule has 0 aliphatic carbocycles. The first-order valence-electron chi connectivity index (χ1n) is 7.81. The van der Waals surface area contributed by atoms with Crippen molar-refractivity contribution in [3.8, 4) is 11.1 Å². The quantitative estimate of drug-likeness (QED) is 0.506. The maximum atomic E-state index is 10.6. The first-order valence-corrected chi connectivity index (χ1v) is 7.81. The van der Waals surface area contributed by atoms with Crippen molar-refractivity contribution in [1.82, 2.24) is 0 Å². The van der Waals surface area contributed by atoms with E-state index in [4.69, 9.17) is 5.11 Å². The van der Waals surface area contributed by atoms with Gasteiger partial charge in [-0.3, -0.25) is 0 Å². The lowest BCUT2D eigenvalue weighted by atomic mass is 9.97. The van der Waals surface area contributed by atoms with E-state index in [0.717, 1.165) is 5.56 Å². The topological polar surface area (TPSA) is 37.3 Å². The van der Waals surface area contributed by atoms with Crippen LogP contribution >= 0.6 is 0 Å². The minimum Gasteiger partial charge on any atom is -0.478 e. The molecule has 0 unspecified atom stereocenters. The highest BCUT2D eigenvalue weighted by Crippen LogP contribution is 2.28. The predicted molar refractivity (Wildman–Crippen MR) is 99.8 cm³/mol. The van der Waals surface area contributed by atoms with Crippen LogP contribution in [-0.2, 0) is 4.79 Å². The van der Waals surface area contributed by atoms with E-state index in [0.29, 0.717) is 5.57 Å². The molecule has 0 saturated heterocycles. The van der Waals surface area contributed by atoms with Crippen LogP contribution in [-0.4, -0.2) is 11.1 Å². The molecule has 2 nitrogen and oxygen atoms in total. The second kappa shape index (κ2) is 6.97. The van der Waals surface area contributed by atoms with Gasteiger partial charge < -0.3 is 5.11 Å². The van der Waals surface area contributed by atoms with Crippen molar-refractivity contribution in [2.24, 2.45) is 0 Å². The Morgan fingerprint density at radius 1 is 0.917 bits per heavy atom. The Morgan fingerprint density at radius 3 is 2.38 bits per heavy atom. The highest BCUT2D eigenvalue weighted by molar-refractivity contribution is 5.96. The van der Waals surface area contributed by atoms with E-state index in [1.54, 1.807) is 13.0 Å². The molecule has 3 rings (SSSR count). The maximum Gasteiger partial charge on any atom is 0.328 e. The number of carboxylic acid groups (broad SMARTS) is 1. The van der Waals surface area contributed by atoms with Gasteiger partial charge in [0.05, 0.1) is 0 Å². The Kier molecular flexibility index (Phi) is 4.57. The smallest absolute Gasteiger partial charge is 0.328 e. The molecule has 2 heteroatoms. The van der Waals surface area contributed by atoms with Gasteiger partial charge in [-0.1, -0.05) is 78.9 Å². The molecule has 118 valence electrons. The summed E-state index contributed by atoms with van der Waals surface area (Å²) in [5.41, 5.74) is 4.13. The SMILES string of the molecule is CC(C=Cc1ccc(-c2cccc3ccccc23)cc1)=CC(=O)O. The summed E-state index contributed by atoms with van der Waals surface area (Å²) in [6.45, 7) is 1.77. The molecule has 0 fully saturated rings. The molecule has 24 heavy (non-hydrogen) atoms. The zero-order chi connectivity index (χ0) is 16.9. The third-order valence-corrected chi connectivity index (χ3v) is 3.90. The first-order chi connectivity index (χ1) is 11.6. The van der Waals surface area contributed by atoms with Gasteiger partial charge in [-0.25, -0.2) is 4.79 Å². The number of benzene rings is 3. The zero-order valence-electron chi connectivity index (χ0n) is 13.4. The predicted octanol–water partition coefficient (Wildman–Crippen LogP) is 5.55. The van der Waals surface area contributed by atoms with Gasteiger partial charge in [0.25, 0.3) is 0 Å². The summed E-state index contributed by atoms with van der Waals surface area (Å²) in [6, 6.07) is 23.0. The van der Waals surface area contributed by atoms with Crippen molar-refractivity contribution in [2.45, 2.75) is 6.92 Å². The Bertz CT molecular complexity index is 926. The average Bonchev–Trinajstić information content (AvgIpc) is 2.59. The summed E-state index contributed by atoms with van der Waals surface area (Å²) >= 11 is 0. The third kappa shape index (κ3) is 3.61. The Hall–Kier alpha value is -3.13. The lowest BCUT2D eigenvalue weighted by Crippen LogP contribution is -1.87. The van der Waals surface area contributed by atoms with Crippen LogP contribution in [0.15, 0.2) is 84.5 Å². The minimum atomic E-state index is -0.927. The molecule has 1 N–H and O–H groups in total. The molecule has 0 aromatic heterocycles. The summed E-state index contributed by atoms with van der Waals surface area (Å²) < 4.78 is 0. The molecular weight excluding hydrogens is 296 g/mol. The molecule has 0 amide bonds. The van der Waals surface area contributed by atoms with Gasteiger partial charge in [0.1, 0.15) is 0 Å². The second-order valence-electron chi connectivity index (χ2n) is 5.71. The van der Waals surface area contributed by atoms with Crippen molar-refractivity contribution in [3.05, 3.63) is 90.0 Å². The van der Waals surface area contributed by atoms with E-state index >= 15 is 0 Å². The third-order valence-electron chi connectivity index (χ3n) is 3.90. The summed E-state index contributed by atoms with van der Waals surface area (Å²) in [4.78, 5) is 10.6. The Labute approximate surface area is 141 Å². The average molecular weight is 314 g/mol. The molecule has 0 aliphatic rings. The zero-order valence-corrected chi connectivity index (χ0v) is 13.4. The normalized spacial score (nSPS) is 12.0. The maximum absolute atomic E-state index is 10.6. The second-order valence-corrected chi connectivity index (χ2v) is 5.71. The largest absolute Gasteiger partial charge is 0.478 e. The van der Waals surface area contributed by atoms with Gasteiger partial charge in [0.15, 0.2) is 0 Å². The summed E-state index contributed by atoms with van der Waals surface area (Å²) in [5, 5.41) is 11.2. The van der Waals surface area contributed by atoms with E-state index in [2.05, 4.69) is 48.5 Å². The van der Waals surface area contributed by atoms with E-state index in [-0.39, 0.29) is 0 Å². The fraction of sp³-hybridized carbons (Fsp3) is 0.0455. The summed E-state index contributed by atoms with van der Waals surface area (Å²) in [6.07, 6.45) is 4.92. The van der Waals surface area contributed by atoms with Gasteiger partial charge >= 0.3 is 5.97 Å². The molecule has 0 saturated carbocycles. The van der Waals surface area contributed by atoms with E-state index < -0.39 is 5.97 Å². The number of fused-ring (bicyclic) bond motifs is 1. The van der Waals surface area contributed by atoms with Crippen molar-refractivity contribution in [2.75, 3.05) is 0 Å². The van der Waals surface area contributed by atoms with Crippen LogP contribution in [0.25, 0.3) is 28.0 Å². The van der Waals surface area contributed by atoms with Crippen LogP contribution in [0.3, 0.4) is 0 Å². The van der Waals surface area contributed by atoms with Gasteiger partial charge in [-0.05, 0) is 40.0 Å². The van der Waals surface area contributed by atoms with Crippen LogP contribution in [0.1, 0.15) is 12.5 Å². The van der Waals surface area contributed by atoms with E-state index in [1.807, 2.05) is 24.3 Å². The molecule has 3 aromatic rings. The van der Waals surface area contributed by atoms with Gasteiger partial charge in [0.2, 0.25) is 0 Å². The number of carboxylic acids is 1. The van der Waals surface area contributed by atoms with Crippen molar-refractivity contribution >= 4 is 22.8 Å². The summed E-state index contributed by atoms with van der Waals surface area (Å²) in [7, 11) is 0. The number of rotatable bonds is 4. The van der Waals surface area contributed by atoms with Crippen molar-refractivity contribution in [1.29, 1.82) is 0 Å². The van der Waals surface area contributed by atoms with E-state index in [9.17, 15) is 4.79 Å². The van der Waals surface area contributed by atoms with Crippen LogP contribution in [0.2, 0.25) is 0 Å². The Morgan fingerprint density at radius 2 is 1.62 bits per heavy atom. The fourth-order valence-electron chi connectivity index (χ4n) is 2.72. The van der Waals surface area contributed by atoms with Gasteiger partial charge in [-0.2, -0.15) is 0 Å². The minimum absolute atomic E-state index is 0.709. The standard InChI is InChI=1S/C22H18O2/c1-16(15-22(23)24)9-10-17-11-13-19(14-12-17)21-8-4-6-18-5-2-3-7-20(18)21/h2-15H,1H3,(H,23,24). The number of hydrogen-bond donors (Lipinski definition) is 1. The number of hydrogen-bond acceptors (Lipinski definition) is 1. The fourth-order valence-corrected chi connectivity index (χ4v) is 2.72. The van der Waals surface area contributed by atoms with E-state index in [1.165, 1.54) is 28.0 Å².